The van der Waals surface area contributed by atoms with Gasteiger partial charge in [-0.1, -0.05) is 42.5 Å². The number of hydrogen-bond donors (Lipinski definition) is 0. The summed E-state index contributed by atoms with van der Waals surface area (Å²) in [7, 11) is -3.52. The van der Waals surface area contributed by atoms with E-state index in [1.54, 1.807) is 36.4 Å². The molecule has 0 unspecified atom stereocenters. The molecule has 2 aromatic carbocycles. The largest absolute Gasteiger partial charge is 0.294 e. The lowest BCUT2D eigenvalue weighted by Gasteiger charge is -2.24. The molecule has 114 valence electrons. The number of nitrogens with zero attached hydrogens (tertiary/aromatic N) is 1. The SMILES string of the molecule is O=C1CCCN(S(=O)(=O)Cc2ccccc2)c2ccccc21. The van der Waals surface area contributed by atoms with Crippen molar-refractivity contribution in [2.75, 3.05) is 10.8 Å². The Labute approximate surface area is 130 Å². The number of carbonyl (C=O) groups excluding carboxylic acids is 1. The second-order valence-electron chi connectivity index (χ2n) is 5.36. The molecular weight excluding hydrogens is 298 g/mol. The van der Waals surface area contributed by atoms with E-state index in [-0.39, 0.29) is 11.5 Å². The van der Waals surface area contributed by atoms with E-state index in [0.29, 0.717) is 30.6 Å². The van der Waals surface area contributed by atoms with Gasteiger partial charge in [0.2, 0.25) is 10.0 Å². The molecule has 0 atom stereocenters. The predicted octanol–water partition coefficient (Wildman–Crippen LogP) is 3.00. The van der Waals surface area contributed by atoms with Crippen LogP contribution >= 0.6 is 0 Å². The Hall–Kier alpha value is -2.14. The molecule has 2 aromatic rings. The normalized spacial score (nSPS) is 15.3. The van der Waals surface area contributed by atoms with E-state index in [1.165, 1.54) is 4.31 Å². The number of anilines is 1. The van der Waals surface area contributed by atoms with E-state index < -0.39 is 10.0 Å². The maximum Gasteiger partial charge on any atom is 0.239 e. The molecule has 0 saturated heterocycles. The maximum absolute atomic E-state index is 12.8. The average Bonchev–Trinajstić information content (AvgIpc) is 2.68. The van der Waals surface area contributed by atoms with Crippen LogP contribution in [0.2, 0.25) is 0 Å². The Morgan fingerprint density at radius 3 is 2.41 bits per heavy atom. The van der Waals surface area contributed by atoms with Crippen LogP contribution in [0, 0.1) is 0 Å². The van der Waals surface area contributed by atoms with Gasteiger partial charge in [0.1, 0.15) is 0 Å². The number of para-hydroxylation sites is 1. The van der Waals surface area contributed by atoms with Crippen LogP contribution in [0.4, 0.5) is 5.69 Å². The second-order valence-corrected chi connectivity index (χ2v) is 7.25. The standard InChI is InChI=1S/C17H17NO3S/c19-17-11-6-12-18(16-10-5-4-9-15(16)17)22(20,21)13-14-7-2-1-3-8-14/h1-5,7-10H,6,11-13H2. The first kappa shape index (κ1) is 14.8. The zero-order chi connectivity index (χ0) is 15.6. The molecule has 0 saturated carbocycles. The van der Waals surface area contributed by atoms with Gasteiger partial charge in [0.15, 0.2) is 5.78 Å². The zero-order valence-electron chi connectivity index (χ0n) is 12.1. The van der Waals surface area contributed by atoms with Crippen molar-refractivity contribution in [3.05, 3.63) is 65.7 Å². The van der Waals surface area contributed by atoms with E-state index in [4.69, 9.17) is 0 Å². The molecule has 1 aliphatic rings. The molecule has 0 fully saturated rings. The first-order valence-corrected chi connectivity index (χ1v) is 8.85. The van der Waals surface area contributed by atoms with Gasteiger partial charge in [0, 0.05) is 18.5 Å². The molecule has 3 rings (SSSR count). The summed E-state index contributed by atoms with van der Waals surface area (Å²) >= 11 is 0. The van der Waals surface area contributed by atoms with Gasteiger partial charge in [-0.05, 0) is 24.1 Å². The van der Waals surface area contributed by atoms with Crippen LogP contribution in [-0.2, 0) is 15.8 Å². The van der Waals surface area contributed by atoms with E-state index in [1.807, 2.05) is 18.2 Å². The predicted molar refractivity (Wildman–Crippen MR) is 86.4 cm³/mol. The first-order chi connectivity index (χ1) is 10.6. The highest BCUT2D eigenvalue weighted by molar-refractivity contribution is 7.92. The Bertz CT molecular complexity index is 785. The van der Waals surface area contributed by atoms with Crippen LogP contribution in [0.5, 0.6) is 0 Å². The molecule has 1 aliphatic heterocycles. The number of carbonyl (C=O) groups is 1. The molecule has 0 spiro atoms. The van der Waals surface area contributed by atoms with E-state index in [2.05, 4.69) is 0 Å². The number of hydrogen-bond acceptors (Lipinski definition) is 3. The number of Topliss-reactive ketones (excluding diaryl/α,β-unsaturated/α-hetero) is 1. The van der Waals surface area contributed by atoms with Crippen LogP contribution < -0.4 is 4.31 Å². The molecular formula is C17H17NO3S. The topological polar surface area (TPSA) is 54.5 Å². The third-order valence-electron chi connectivity index (χ3n) is 3.77. The van der Waals surface area contributed by atoms with Gasteiger partial charge < -0.3 is 0 Å². The van der Waals surface area contributed by atoms with Gasteiger partial charge in [0.25, 0.3) is 0 Å². The number of sulfonamides is 1. The summed E-state index contributed by atoms with van der Waals surface area (Å²) in [6.07, 6.45) is 0.926. The van der Waals surface area contributed by atoms with Crippen molar-refractivity contribution in [1.29, 1.82) is 0 Å². The van der Waals surface area contributed by atoms with Gasteiger partial charge in [-0.15, -0.1) is 0 Å². The van der Waals surface area contributed by atoms with Gasteiger partial charge in [-0.3, -0.25) is 9.10 Å². The number of benzene rings is 2. The third kappa shape index (κ3) is 2.90. The lowest BCUT2D eigenvalue weighted by atomic mass is 10.1. The van der Waals surface area contributed by atoms with Crippen LogP contribution in [-0.4, -0.2) is 20.7 Å². The fourth-order valence-corrected chi connectivity index (χ4v) is 4.35. The smallest absolute Gasteiger partial charge is 0.239 e. The molecule has 5 heteroatoms. The van der Waals surface area contributed by atoms with E-state index >= 15 is 0 Å². The minimum atomic E-state index is -3.52. The van der Waals surface area contributed by atoms with Gasteiger partial charge in [-0.25, -0.2) is 8.42 Å². The molecule has 4 nitrogen and oxygen atoms in total. The fraction of sp³-hybridized carbons (Fsp3) is 0.235. The molecule has 1 heterocycles. The first-order valence-electron chi connectivity index (χ1n) is 7.24. The second kappa shape index (κ2) is 5.93. The highest BCUT2D eigenvalue weighted by Crippen LogP contribution is 2.29. The van der Waals surface area contributed by atoms with Crippen LogP contribution in [0.3, 0.4) is 0 Å². The Morgan fingerprint density at radius 1 is 0.955 bits per heavy atom. The summed E-state index contributed by atoms with van der Waals surface area (Å²) in [5.41, 5.74) is 1.74. The fourth-order valence-electron chi connectivity index (χ4n) is 2.72. The van der Waals surface area contributed by atoms with Crippen LogP contribution in [0.25, 0.3) is 0 Å². The molecule has 0 bridgehead atoms. The van der Waals surface area contributed by atoms with Crippen molar-refractivity contribution in [3.8, 4) is 0 Å². The zero-order valence-corrected chi connectivity index (χ0v) is 12.9. The van der Waals surface area contributed by atoms with Crippen LogP contribution in [0.1, 0.15) is 28.8 Å². The van der Waals surface area contributed by atoms with Gasteiger partial charge >= 0.3 is 0 Å². The molecule has 0 aromatic heterocycles. The molecule has 0 amide bonds. The highest BCUT2D eigenvalue weighted by atomic mass is 32.2. The summed E-state index contributed by atoms with van der Waals surface area (Å²) < 4.78 is 27.0. The van der Waals surface area contributed by atoms with Crippen molar-refractivity contribution >= 4 is 21.5 Å². The van der Waals surface area contributed by atoms with Crippen molar-refractivity contribution in [1.82, 2.24) is 0 Å². The number of fused-ring (bicyclic) bond motifs is 1. The Morgan fingerprint density at radius 2 is 1.64 bits per heavy atom. The minimum absolute atomic E-state index is 0.00742. The quantitative estimate of drug-likeness (QED) is 0.875. The molecule has 0 aliphatic carbocycles. The lowest BCUT2D eigenvalue weighted by Crippen LogP contribution is -2.32. The van der Waals surface area contributed by atoms with Crippen molar-refractivity contribution in [3.63, 3.8) is 0 Å². The number of rotatable bonds is 3. The van der Waals surface area contributed by atoms with E-state index in [9.17, 15) is 13.2 Å². The van der Waals surface area contributed by atoms with Gasteiger partial charge in [-0.2, -0.15) is 0 Å². The summed E-state index contributed by atoms with van der Waals surface area (Å²) in [4.78, 5) is 12.1. The summed E-state index contributed by atoms with van der Waals surface area (Å²) in [5, 5.41) is 0. The maximum atomic E-state index is 12.8. The van der Waals surface area contributed by atoms with Crippen LogP contribution in [0.15, 0.2) is 54.6 Å². The van der Waals surface area contributed by atoms with E-state index in [0.717, 1.165) is 5.56 Å². The molecule has 22 heavy (non-hydrogen) atoms. The summed E-state index contributed by atoms with van der Waals surface area (Å²) in [6.45, 7) is 0.345. The number of ketones is 1. The Kier molecular flexibility index (Phi) is 3.98. The van der Waals surface area contributed by atoms with Crippen molar-refractivity contribution < 1.29 is 13.2 Å². The van der Waals surface area contributed by atoms with Gasteiger partial charge in [0.05, 0.1) is 11.4 Å². The highest BCUT2D eigenvalue weighted by Gasteiger charge is 2.28. The summed E-state index contributed by atoms with van der Waals surface area (Å²) in [6, 6.07) is 16.0. The van der Waals surface area contributed by atoms with Crippen molar-refractivity contribution in [2.45, 2.75) is 18.6 Å². The third-order valence-corrected chi connectivity index (χ3v) is 5.51. The summed E-state index contributed by atoms with van der Waals surface area (Å²) in [5.74, 6) is -0.0517. The molecule has 0 N–H and O–H groups in total. The minimum Gasteiger partial charge on any atom is -0.294 e. The average molecular weight is 315 g/mol. The monoisotopic (exact) mass is 315 g/mol. The Balaban J connectivity index is 2.00. The van der Waals surface area contributed by atoms with Crippen molar-refractivity contribution in [2.24, 2.45) is 0 Å². The lowest BCUT2D eigenvalue weighted by molar-refractivity contribution is 0.0984. The molecule has 0 radical (unpaired) electrons.